The number of primary amides is 1. The molecule has 0 aromatic rings. The smallest absolute Gasteiger partial charge is 0.326 e. The average Bonchev–Trinajstić information content (AvgIpc) is 3.14. The van der Waals surface area contributed by atoms with Gasteiger partial charge < -0.3 is 77.6 Å². The Hall–Kier alpha value is -4.94. The number of guanidine groups is 2. The number of carbonyl (C=O) groups excluding carboxylic acids is 6. The van der Waals surface area contributed by atoms with Gasteiger partial charge in [0.1, 0.15) is 30.2 Å². The van der Waals surface area contributed by atoms with E-state index in [-0.39, 0.29) is 70.1 Å². The lowest BCUT2D eigenvalue weighted by Gasteiger charge is -2.27. The van der Waals surface area contributed by atoms with Crippen molar-refractivity contribution in [1.82, 2.24) is 26.6 Å². The van der Waals surface area contributed by atoms with E-state index < -0.39 is 84.1 Å². The summed E-state index contributed by atoms with van der Waals surface area (Å²) in [6.07, 6.45) is 3.79. The number of thioether (sulfide) groups is 1. The topological polar surface area (TPSA) is 433 Å². The molecule has 24 heteroatoms. The number of hydrogen-bond acceptors (Lipinski definition) is 13. The van der Waals surface area contributed by atoms with E-state index in [2.05, 4.69) is 36.6 Å². The number of unbranched alkanes of at least 4 members (excludes halogenated alkanes) is 2. The van der Waals surface area contributed by atoms with E-state index in [0.717, 1.165) is 0 Å². The van der Waals surface area contributed by atoms with Crippen molar-refractivity contribution < 1.29 is 38.7 Å². The van der Waals surface area contributed by atoms with Crippen molar-refractivity contribution in [2.24, 2.45) is 55.9 Å². The van der Waals surface area contributed by atoms with E-state index in [1.807, 2.05) is 6.26 Å². The zero-order chi connectivity index (χ0) is 43.3. The number of aliphatic imine (C=N–C) groups is 2. The molecule has 0 aliphatic heterocycles. The first-order valence-electron chi connectivity index (χ1n) is 18.8. The number of carboxylic acids is 1. The van der Waals surface area contributed by atoms with Crippen LogP contribution in [0, 0.1) is 0 Å². The minimum atomic E-state index is -1.60. The Morgan fingerprint density at radius 1 is 0.544 bits per heavy atom. The average molecular weight is 832 g/mol. The van der Waals surface area contributed by atoms with E-state index in [1.165, 1.54) is 11.8 Å². The van der Waals surface area contributed by atoms with Crippen molar-refractivity contribution in [2.75, 3.05) is 38.2 Å². The van der Waals surface area contributed by atoms with Crippen molar-refractivity contribution in [2.45, 2.75) is 113 Å². The second kappa shape index (κ2) is 30.2. The van der Waals surface area contributed by atoms with Gasteiger partial charge in [0.15, 0.2) is 11.9 Å². The van der Waals surface area contributed by atoms with Gasteiger partial charge >= 0.3 is 5.97 Å². The second-order valence-electron chi connectivity index (χ2n) is 13.2. The molecule has 6 atom stereocenters. The molecule has 6 amide bonds. The summed E-state index contributed by atoms with van der Waals surface area (Å²) in [6, 6.07) is -7.64. The predicted molar refractivity (Wildman–Crippen MR) is 218 cm³/mol. The molecule has 0 saturated carbocycles. The summed E-state index contributed by atoms with van der Waals surface area (Å²) in [4.78, 5) is 99.1. The van der Waals surface area contributed by atoms with Crippen LogP contribution in [0.4, 0.5) is 0 Å². The Kier molecular flexibility index (Phi) is 27.6. The highest BCUT2D eigenvalue weighted by Crippen LogP contribution is 2.09. The fourth-order valence-corrected chi connectivity index (χ4v) is 5.70. The van der Waals surface area contributed by atoms with Gasteiger partial charge in [-0.25, -0.2) is 4.79 Å². The van der Waals surface area contributed by atoms with Crippen molar-refractivity contribution in [3.05, 3.63) is 0 Å². The summed E-state index contributed by atoms with van der Waals surface area (Å²) in [5.74, 6) is -6.12. The van der Waals surface area contributed by atoms with E-state index in [9.17, 15) is 38.7 Å². The maximum Gasteiger partial charge on any atom is 0.326 e. The summed E-state index contributed by atoms with van der Waals surface area (Å²) < 4.78 is 0. The number of carboxylic acid groups (broad SMARTS) is 1. The summed E-state index contributed by atoms with van der Waals surface area (Å²) in [5, 5.41) is 22.3. The number of nitrogens with zero attached hydrogens (tertiary/aromatic N) is 2. The van der Waals surface area contributed by atoms with Gasteiger partial charge in [0.05, 0.1) is 12.5 Å². The molecule has 0 aromatic carbocycles. The van der Waals surface area contributed by atoms with Crippen molar-refractivity contribution in [3.63, 3.8) is 0 Å². The summed E-state index contributed by atoms with van der Waals surface area (Å²) in [6.45, 7) is 0.773. The van der Waals surface area contributed by atoms with Crippen LogP contribution < -0.4 is 72.5 Å². The largest absolute Gasteiger partial charge is 0.480 e. The molecule has 57 heavy (non-hydrogen) atoms. The fourth-order valence-electron chi connectivity index (χ4n) is 5.21. The van der Waals surface area contributed by atoms with Gasteiger partial charge in [-0.2, -0.15) is 11.8 Å². The van der Waals surface area contributed by atoms with E-state index >= 15 is 0 Å². The molecule has 0 aliphatic rings. The van der Waals surface area contributed by atoms with Crippen molar-refractivity contribution in [1.29, 1.82) is 0 Å². The van der Waals surface area contributed by atoms with Gasteiger partial charge in [0.25, 0.3) is 0 Å². The van der Waals surface area contributed by atoms with Gasteiger partial charge in [-0.1, -0.05) is 0 Å². The Bertz CT molecular complexity index is 1350. The number of aliphatic carboxylic acids is 1. The Morgan fingerprint density at radius 2 is 0.912 bits per heavy atom. The van der Waals surface area contributed by atoms with E-state index in [0.29, 0.717) is 44.4 Å². The third kappa shape index (κ3) is 24.3. The lowest BCUT2D eigenvalue weighted by atomic mass is 10.0. The molecular formula is C33H65N15O8S. The molecule has 0 heterocycles. The molecule has 326 valence electrons. The third-order valence-electron chi connectivity index (χ3n) is 8.31. The van der Waals surface area contributed by atoms with Gasteiger partial charge in [-0.15, -0.1) is 0 Å². The molecule has 0 saturated heterocycles. The molecular weight excluding hydrogens is 767 g/mol. The number of carbonyl (C=O) groups is 7. The van der Waals surface area contributed by atoms with Crippen molar-refractivity contribution in [3.8, 4) is 0 Å². The third-order valence-corrected chi connectivity index (χ3v) is 8.95. The minimum absolute atomic E-state index is 0.0276. The summed E-state index contributed by atoms with van der Waals surface area (Å²) in [5.41, 5.74) is 44.2. The first kappa shape index (κ1) is 52.1. The van der Waals surface area contributed by atoms with E-state index in [1.54, 1.807) is 0 Å². The Morgan fingerprint density at radius 3 is 1.30 bits per heavy atom. The van der Waals surface area contributed by atoms with Gasteiger partial charge in [-0.3, -0.25) is 38.8 Å². The number of nitrogens with two attached hydrogens (primary N) is 8. The monoisotopic (exact) mass is 831 g/mol. The molecule has 22 N–H and O–H groups in total. The van der Waals surface area contributed by atoms with E-state index in [4.69, 9.17) is 45.9 Å². The first-order chi connectivity index (χ1) is 27.0. The highest BCUT2D eigenvalue weighted by molar-refractivity contribution is 7.98. The Balaban J connectivity index is 6.37. The highest BCUT2D eigenvalue weighted by Gasteiger charge is 2.33. The Labute approximate surface area is 337 Å². The van der Waals surface area contributed by atoms with Crippen LogP contribution in [0.2, 0.25) is 0 Å². The predicted octanol–water partition coefficient (Wildman–Crippen LogP) is -5.18. The molecule has 0 spiro atoms. The number of nitrogens with one attached hydrogen (secondary N) is 5. The number of rotatable bonds is 32. The number of amides is 6. The van der Waals surface area contributed by atoms with Crippen LogP contribution in [-0.4, -0.2) is 133 Å². The van der Waals surface area contributed by atoms with Crippen LogP contribution in [0.3, 0.4) is 0 Å². The molecule has 0 bridgehead atoms. The van der Waals surface area contributed by atoms with Crippen LogP contribution in [0.25, 0.3) is 0 Å². The SMILES string of the molecule is CSCCC(N)C(=O)NC(CCCCN)C(=O)NC(CC(N)=O)C(=O)NC(CCCN=C(N)N)C(=O)NC(CCCCN)C(=O)NC(CCCN=C(N)N)C(=O)O. The molecule has 0 aliphatic carbocycles. The summed E-state index contributed by atoms with van der Waals surface area (Å²) >= 11 is 1.49. The second-order valence-corrected chi connectivity index (χ2v) is 14.2. The summed E-state index contributed by atoms with van der Waals surface area (Å²) in [7, 11) is 0. The molecule has 0 aromatic heterocycles. The molecule has 23 nitrogen and oxygen atoms in total. The quantitative estimate of drug-likeness (QED) is 0.0171. The van der Waals surface area contributed by atoms with Crippen LogP contribution in [0.5, 0.6) is 0 Å². The van der Waals surface area contributed by atoms with Crippen LogP contribution >= 0.6 is 11.8 Å². The van der Waals surface area contributed by atoms with Crippen molar-refractivity contribution >= 4 is 65.1 Å². The lowest BCUT2D eigenvalue weighted by Crippen LogP contribution is -2.59. The zero-order valence-corrected chi connectivity index (χ0v) is 33.5. The van der Waals surface area contributed by atoms with Crippen LogP contribution in [-0.2, 0) is 33.6 Å². The van der Waals surface area contributed by atoms with Gasteiger partial charge in [0, 0.05) is 13.1 Å². The normalized spacial score (nSPS) is 14.0. The first-order valence-corrected chi connectivity index (χ1v) is 20.1. The molecule has 6 unspecified atom stereocenters. The maximum atomic E-state index is 13.8. The highest BCUT2D eigenvalue weighted by atomic mass is 32.2. The minimum Gasteiger partial charge on any atom is -0.480 e. The van der Waals surface area contributed by atoms with Gasteiger partial charge in [-0.05, 0) is 95.7 Å². The fraction of sp³-hybridized carbons (Fsp3) is 0.727. The van der Waals surface area contributed by atoms with Crippen LogP contribution in [0.15, 0.2) is 9.98 Å². The van der Waals surface area contributed by atoms with Gasteiger partial charge in [0.2, 0.25) is 35.4 Å². The van der Waals surface area contributed by atoms with Crippen LogP contribution in [0.1, 0.15) is 77.0 Å². The lowest BCUT2D eigenvalue weighted by molar-refractivity contribution is -0.142. The molecule has 0 radical (unpaired) electrons. The standard InChI is InChI=1S/C33H65N15O8S/c1-57-17-12-19(36)26(50)44-20(8-2-4-13-34)29(53)48-24(18-25(37)49)30(54)46-22(10-6-15-42-32(38)39)27(51)45-21(9-3-5-14-35)28(52)47-23(31(55)56)11-7-16-43-33(40)41/h19-24H,2-18,34-36H2,1H3,(H2,37,49)(H,44,50)(H,45,51)(H,46,54)(H,47,52)(H,48,53)(H,55,56)(H4,38,39,42)(H4,40,41,43). The number of hydrogen-bond donors (Lipinski definition) is 14. The molecule has 0 rings (SSSR count). The zero-order valence-electron chi connectivity index (χ0n) is 32.7. The molecule has 0 fully saturated rings. The maximum absolute atomic E-state index is 13.8.